The summed E-state index contributed by atoms with van der Waals surface area (Å²) in [4.78, 5) is 2.40. The van der Waals surface area contributed by atoms with Crippen molar-refractivity contribution in [2.75, 3.05) is 13.1 Å². The van der Waals surface area contributed by atoms with Gasteiger partial charge in [0.05, 0.1) is 12.8 Å². The Labute approximate surface area is 86.9 Å². The third-order valence-electron chi connectivity index (χ3n) is 2.10. The van der Waals surface area contributed by atoms with Crippen molar-refractivity contribution in [3.05, 3.63) is 24.2 Å². The van der Waals surface area contributed by atoms with Crippen LogP contribution < -0.4 is 0 Å². The normalized spacial score (nSPS) is 12.4. The quantitative estimate of drug-likeness (QED) is 0.733. The SMILES string of the molecule is CCN(Cc1ccco1)CC(C)(C)C. The molecule has 0 fully saturated rings. The molecule has 0 aliphatic heterocycles. The predicted octanol–water partition coefficient (Wildman–Crippen LogP) is 3.15. The van der Waals surface area contributed by atoms with Crippen molar-refractivity contribution in [3.63, 3.8) is 0 Å². The van der Waals surface area contributed by atoms with E-state index in [0.717, 1.165) is 25.4 Å². The number of hydrogen-bond donors (Lipinski definition) is 0. The first-order valence-corrected chi connectivity index (χ1v) is 5.26. The summed E-state index contributed by atoms with van der Waals surface area (Å²) in [6.45, 7) is 12.1. The first kappa shape index (κ1) is 11.3. The Morgan fingerprint density at radius 2 is 2.07 bits per heavy atom. The minimum absolute atomic E-state index is 0.350. The van der Waals surface area contributed by atoms with E-state index in [4.69, 9.17) is 4.42 Å². The molecular formula is C12H21NO. The largest absolute Gasteiger partial charge is 0.468 e. The van der Waals surface area contributed by atoms with E-state index in [9.17, 15) is 0 Å². The molecule has 2 heteroatoms. The van der Waals surface area contributed by atoms with Crippen LogP contribution in [0.25, 0.3) is 0 Å². The molecule has 0 spiro atoms. The third kappa shape index (κ3) is 3.97. The zero-order valence-corrected chi connectivity index (χ0v) is 9.71. The van der Waals surface area contributed by atoms with Crippen molar-refractivity contribution in [3.8, 4) is 0 Å². The van der Waals surface area contributed by atoms with Crippen molar-refractivity contribution >= 4 is 0 Å². The number of furan rings is 1. The minimum Gasteiger partial charge on any atom is -0.468 e. The average Bonchev–Trinajstić information content (AvgIpc) is 2.53. The van der Waals surface area contributed by atoms with Gasteiger partial charge in [-0.05, 0) is 24.1 Å². The topological polar surface area (TPSA) is 16.4 Å². The Hall–Kier alpha value is -0.760. The molecule has 80 valence electrons. The molecule has 0 saturated carbocycles. The van der Waals surface area contributed by atoms with E-state index in [1.807, 2.05) is 12.1 Å². The zero-order valence-electron chi connectivity index (χ0n) is 9.71. The van der Waals surface area contributed by atoms with Crippen molar-refractivity contribution < 1.29 is 4.42 Å². The highest BCUT2D eigenvalue weighted by molar-refractivity contribution is 4.97. The molecule has 1 rings (SSSR count). The summed E-state index contributed by atoms with van der Waals surface area (Å²) in [5.74, 6) is 1.05. The van der Waals surface area contributed by atoms with Crippen LogP contribution in [0.4, 0.5) is 0 Å². The zero-order chi connectivity index (χ0) is 10.6. The van der Waals surface area contributed by atoms with E-state index < -0.39 is 0 Å². The van der Waals surface area contributed by atoms with Gasteiger partial charge >= 0.3 is 0 Å². The van der Waals surface area contributed by atoms with E-state index in [1.54, 1.807) is 6.26 Å². The van der Waals surface area contributed by atoms with Gasteiger partial charge in [0, 0.05) is 6.54 Å². The molecule has 0 atom stereocenters. The highest BCUT2D eigenvalue weighted by Gasteiger charge is 2.15. The molecule has 14 heavy (non-hydrogen) atoms. The van der Waals surface area contributed by atoms with E-state index in [-0.39, 0.29) is 0 Å². The van der Waals surface area contributed by atoms with E-state index in [2.05, 4.69) is 32.6 Å². The van der Waals surface area contributed by atoms with Gasteiger partial charge in [0.1, 0.15) is 5.76 Å². The van der Waals surface area contributed by atoms with Gasteiger partial charge in [0.2, 0.25) is 0 Å². The Balaban J connectivity index is 2.47. The lowest BCUT2D eigenvalue weighted by Gasteiger charge is -2.28. The molecule has 0 saturated heterocycles. The minimum atomic E-state index is 0.350. The summed E-state index contributed by atoms with van der Waals surface area (Å²) in [6, 6.07) is 3.98. The molecule has 0 amide bonds. The van der Waals surface area contributed by atoms with Crippen LogP contribution in [0.2, 0.25) is 0 Å². The molecule has 1 heterocycles. The van der Waals surface area contributed by atoms with Gasteiger partial charge in [-0.1, -0.05) is 27.7 Å². The van der Waals surface area contributed by atoms with Crippen molar-refractivity contribution in [2.45, 2.75) is 34.2 Å². The van der Waals surface area contributed by atoms with Crippen LogP contribution in [0, 0.1) is 5.41 Å². The summed E-state index contributed by atoms with van der Waals surface area (Å²) in [6.07, 6.45) is 1.74. The summed E-state index contributed by atoms with van der Waals surface area (Å²) in [7, 11) is 0. The lowest BCUT2D eigenvalue weighted by atomic mass is 9.96. The first-order chi connectivity index (χ1) is 6.51. The Morgan fingerprint density at radius 3 is 2.50 bits per heavy atom. The van der Waals surface area contributed by atoms with E-state index in [0.29, 0.717) is 5.41 Å². The van der Waals surface area contributed by atoms with Gasteiger partial charge in [-0.3, -0.25) is 4.90 Å². The molecule has 0 aromatic carbocycles. The maximum absolute atomic E-state index is 5.34. The van der Waals surface area contributed by atoms with Crippen LogP contribution in [0.15, 0.2) is 22.8 Å². The third-order valence-corrected chi connectivity index (χ3v) is 2.10. The van der Waals surface area contributed by atoms with E-state index >= 15 is 0 Å². The Morgan fingerprint density at radius 1 is 1.36 bits per heavy atom. The summed E-state index contributed by atoms with van der Waals surface area (Å²) < 4.78 is 5.34. The summed E-state index contributed by atoms with van der Waals surface area (Å²) in [5, 5.41) is 0. The van der Waals surface area contributed by atoms with Crippen molar-refractivity contribution in [2.24, 2.45) is 5.41 Å². The second-order valence-electron chi connectivity index (χ2n) is 4.94. The molecule has 1 aromatic rings. The van der Waals surface area contributed by atoms with Crippen molar-refractivity contribution in [1.82, 2.24) is 4.90 Å². The maximum atomic E-state index is 5.34. The summed E-state index contributed by atoms with van der Waals surface area (Å²) >= 11 is 0. The molecule has 0 N–H and O–H groups in total. The smallest absolute Gasteiger partial charge is 0.117 e. The molecule has 0 aliphatic carbocycles. The van der Waals surface area contributed by atoms with Gasteiger partial charge in [0.15, 0.2) is 0 Å². The van der Waals surface area contributed by atoms with Crippen LogP contribution in [0.5, 0.6) is 0 Å². The fourth-order valence-electron chi connectivity index (χ4n) is 1.57. The standard InChI is InChI=1S/C12H21NO/c1-5-13(10-12(2,3)4)9-11-7-6-8-14-11/h6-8H,5,9-10H2,1-4H3. The van der Waals surface area contributed by atoms with Crippen LogP contribution >= 0.6 is 0 Å². The molecule has 0 unspecified atom stereocenters. The highest BCUT2D eigenvalue weighted by Crippen LogP contribution is 2.16. The maximum Gasteiger partial charge on any atom is 0.117 e. The lowest BCUT2D eigenvalue weighted by molar-refractivity contribution is 0.180. The molecule has 2 nitrogen and oxygen atoms in total. The number of hydrogen-bond acceptors (Lipinski definition) is 2. The Bertz CT molecular complexity index is 246. The second kappa shape index (κ2) is 4.65. The van der Waals surface area contributed by atoms with Crippen LogP contribution in [0.3, 0.4) is 0 Å². The fraction of sp³-hybridized carbons (Fsp3) is 0.667. The van der Waals surface area contributed by atoms with Gasteiger partial charge in [-0.25, -0.2) is 0 Å². The number of rotatable bonds is 4. The highest BCUT2D eigenvalue weighted by atomic mass is 16.3. The molecular weight excluding hydrogens is 174 g/mol. The monoisotopic (exact) mass is 195 g/mol. The average molecular weight is 195 g/mol. The molecule has 0 bridgehead atoms. The first-order valence-electron chi connectivity index (χ1n) is 5.26. The fourth-order valence-corrected chi connectivity index (χ4v) is 1.57. The molecule has 0 aliphatic rings. The van der Waals surface area contributed by atoms with Crippen LogP contribution in [-0.2, 0) is 6.54 Å². The van der Waals surface area contributed by atoms with Gasteiger partial charge < -0.3 is 4.42 Å². The van der Waals surface area contributed by atoms with Crippen molar-refractivity contribution in [1.29, 1.82) is 0 Å². The molecule has 0 radical (unpaired) electrons. The van der Waals surface area contributed by atoms with Gasteiger partial charge in [-0.2, -0.15) is 0 Å². The van der Waals surface area contributed by atoms with Gasteiger partial charge in [-0.15, -0.1) is 0 Å². The predicted molar refractivity (Wildman–Crippen MR) is 59.1 cm³/mol. The van der Waals surface area contributed by atoms with Crippen LogP contribution in [0.1, 0.15) is 33.5 Å². The summed E-state index contributed by atoms with van der Waals surface area (Å²) in [5.41, 5.74) is 0.350. The second-order valence-corrected chi connectivity index (χ2v) is 4.94. The van der Waals surface area contributed by atoms with E-state index in [1.165, 1.54) is 0 Å². The number of nitrogens with zero attached hydrogens (tertiary/aromatic N) is 1. The van der Waals surface area contributed by atoms with Crippen LogP contribution in [-0.4, -0.2) is 18.0 Å². The lowest BCUT2D eigenvalue weighted by Crippen LogP contribution is -2.31. The molecule has 1 aromatic heterocycles. The Kier molecular flexibility index (Phi) is 3.76. The van der Waals surface area contributed by atoms with Gasteiger partial charge in [0.25, 0.3) is 0 Å².